The third-order valence-electron chi connectivity index (χ3n) is 4.55. The normalized spacial score (nSPS) is 10.9. The van der Waals surface area contributed by atoms with E-state index in [0.717, 1.165) is 5.56 Å². The van der Waals surface area contributed by atoms with Crippen LogP contribution in [-0.2, 0) is 16.6 Å². The molecular formula is C22H23N3O5S. The average Bonchev–Trinajstić information content (AvgIpc) is 2.78. The molecule has 0 aliphatic carbocycles. The van der Waals surface area contributed by atoms with Gasteiger partial charge in [0.2, 0.25) is 5.88 Å². The maximum atomic E-state index is 13.0. The van der Waals surface area contributed by atoms with E-state index in [9.17, 15) is 13.2 Å². The van der Waals surface area contributed by atoms with Crippen LogP contribution in [0.5, 0.6) is 11.6 Å². The number of amides is 1. The van der Waals surface area contributed by atoms with Crippen molar-refractivity contribution in [2.75, 3.05) is 18.9 Å². The van der Waals surface area contributed by atoms with Crippen molar-refractivity contribution >= 4 is 21.6 Å². The third kappa shape index (κ3) is 5.32. The summed E-state index contributed by atoms with van der Waals surface area (Å²) in [5.74, 6) is 0.438. The highest BCUT2D eigenvalue weighted by molar-refractivity contribution is 7.92. The van der Waals surface area contributed by atoms with E-state index < -0.39 is 15.9 Å². The molecule has 2 aromatic carbocycles. The number of para-hydroxylation sites is 2. The van der Waals surface area contributed by atoms with Crippen molar-refractivity contribution in [3.8, 4) is 11.6 Å². The lowest BCUT2D eigenvalue weighted by Crippen LogP contribution is -2.23. The smallest absolute Gasteiger partial charge is 0.262 e. The van der Waals surface area contributed by atoms with Gasteiger partial charge in [0, 0.05) is 24.4 Å². The van der Waals surface area contributed by atoms with Crippen LogP contribution in [0, 0.1) is 6.92 Å². The van der Waals surface area contributed by atoms with E-state index in [1.165, 1.54) is 20.3 Å². The highest BCUT2D eigenvalue weighted by Crippen LogP contribution is 2.27. The molecule has 0 unspecified atom stereocenters. The topological polar surface area (TPSA) is 107 Å². The second-order valence-corrected chi connectivity index (χ2v) is 8.33. The van der Waals surface area contributed by atoms with Crippen LogP contribution in [0.2, 0.25) is 0 Å². The maximum absolute atomic E-state index is 13.0. The lowest BCUT2D eigenvalue weighted by Gasteiger charge is -2.14. The fourth-order valence-corrected chi connectivity index (χ4v) is 4.26. The Morgan fingerprint density at radius 3 is 2.55 bits per heavy atom. The summed E-state index contributed by atoms with van der Waals surface area (Å²) in [6.07, 6.45) is 1.58. The minimum absolute atomic E-state index is 0.0108. The van der Waals surface area contributed by atoms with Crippen molar-refractivity contribution in [2.24, 2.45) is 0 Å². The van der Waals surface area contributed by atoms with Crippen molar-refractivity contribution < 1.29 is 22.7 Å². The van der Waals surface area contributed by atoms with Crippen LogP contribution >= 0.6 is 0 Å². The zero-order valence-electron chi connectivity index (χ0n) is 17.4. The molecule has 0 bridgehead atoms. The van der Waals surface area contributed by atoms with E-state index in [4.69, 9.17) is 9.47 Å². The lowest BCUT2D eigenvalue weighted by atomic mass is 10.1. The summed E-state index contributed by atoms with van der Waals surface area (Å²) in [4.78, 5) is 16.7. The second-order valence-electron chi connectivity index (χ2n) is 6.68. The molecule has 0 saturated heterocycles. The van der Waals surface area contributed by atoms with Crippen molar-refractivity contribution in [1.82, 2.24) is 10.3 Å². The van der Waals surface area contributed by atoms with Gasteiger partial charge in [0.1, 0.15) is 5.75 Å². The van der Waals surface area contributed by atoms with Crippen LogP contribution in [0.15, 0.2) is 65.7 Å². The molecular weight excluding hydrogens is 418 g/mol. The first kappa shape index (κ1) is 22.1. The van der Waals surface area contributed by atoms with Gasteiger partial charge in [0.15, 0.2) is 0 Å². The van der Waals surface area contributed by atoms with E-state index in [1.54, 1.807) is 61.7 Å². The lowest BCUT2D eigenvalue weighted by molar-refractivity contribution is 0.0950. The number of aromatic nitrogens is 1. The molecule has 0 aliphatic heterocycles. The number of aryl methyl sites for hydroxylation is 1. The van der Waals surface area contributed by atoms with Gasteiger partial charge in [-0.3, -0.25) is 9.52 Å². The molecule has 0 aliphatic rings. The predicted molar refractivity (Wildman–Crippen MR) is 117 cm³/mol. The van der Waals surface area contributed by atoms with E-state index >= 15 is 0 Å². The Balaban J connectivity index is 1.81. The molecule has 8 nitrogen and oxygen atoms in total. The largest absolute Gasteiger partial charge is 0.495 e. The Kier molecular flexibility index (Phi) is 6.76. The zero-order valence-corrected chi connectivity index (χ0v) is 18.2. The van der Waals surface area contributed by atoms with Crippen LogP contribution in [0.4, 0.5) is 5.69 Å². The summed E-state index contributed by atoms with van der Waals surface area (Å²) in [6, 6.07) is 14.7. The monoisotopic (exact) mass is 441 g/mol. The first-order chi connectivity index (χ1) is 14.8. The van der Waals surface area contributed by atoms with E-state index in [1.807, 2.05) is 0 Å². The predicted octanol–water partition coefficient (Wildman–Crippen LogP) is 3.14. The molecule has 0 fully saturated rings. The molecule has 0 radical (unpaired) electrons. The summed E-state index contributed by atoms with van der Waals surface area (Å²) >= 11 is 0. The van der Waals surface area contributed by atoms with Crippen molar-refractivity contribution in [1.29, 1.82) is 0 Å². The maximum Gasteiger partial charge on any atom is 0.262 e. The number of rotatable bonds is 8. The number of carbonyl (C=O) groups is 1. The van der Waals surface area contributed by atoms with Crippen LogP contribution in [0.3, 0.4) is 0 Å². The van der Waals surface area contributed by atoms with Gasteiger partial charge in [-0.25, -0.2) is 13.4 Å². The van der Waals surface area contributed by atoms with Gasteiger partial charge < -0.3 is 14.8 Å². The number of nitrogens with one attached hydrogen (secondary N) is 2. The van der Waals surface area contributed by atoms with Gasteiger partial charge in [-0.2, -0.15) is 0 Å². The summed E-state index contributed by atoms with van der Waals surface area (Å²) in [5, 5.41) is 2.78. The number of benzene rings is 2. The molecule has 1 heterocycles. The van der Waals surface area contributed by atoms with Crippen LogP contribution < -0.4 is 19.5 Å². The summed E-state index contributed by atoms with van der Waals surface area (Å²) in [7, 11) is -0.972. The molecule has 9 heteroatoms. The molecule has 0 atom stereocenters. The molecule has 0 saturated carbocycles. The number of nitrogens with zero attached hydrogens (tertiary/aromatic N) is 1. The standard InChI is InChI=1S/C22H23N3O5S/c1-15-8-9-17(22(26)24-14-16-10-11-23-21(12-16)30-3)13-20(15)31(27,28)25-18-6-4-5-7-19(18)29-2/h4-13,25H,14H2,1-3H3,(H,24,26). The van der Waals surface area contributed by atoms with E-state index in [-0.39, 0.29) is 17.0 Å². The highest BCUT2D eigenvalue weighted by Gasteiger charge is 2.20. The number of ether oxygens (including phenoxy) is 2. The van der Waals surface area contributed by atoms with Gasteiger partial charge in [-0.15, -0.1) is 0 Å². The Morgan fingerprint density at radius 2 is 1.81 bits per heavy atom. The molecule has 1 amide bonds. The Morgan fingerprint density at radius 1 is 1.03 bits per heavy atom. The Labute approximate surface area is 181 Å². The van der Waals surface area contributed by atoms with Crippen LogP contribution in [0.25, 0.3) is 0 Å². The Bertz CT molecular complexity index is 1200. The van der Waals surface area contributed by atoms with E-state index in [0.29, 0.717) is 22.9 Å². The third-order valence-corrected chi connectivity index (χ3v) is 6.06. The van der Waals surface area contributed by atoms with E-state index in [2.05, 4.69) is 15.0 Å². The molecule has 0 spiro atoms. The number of carbonyl (C=O) groups excluding carboxylic acids is 1. The quantitative estimate of drug-likeness (QED) is 0.556. The molecule has 1 aromatic heterocycles. The fraction of sp³-hybridized carbons (Fsp3) is 0.182. The fourth-order valence-electron chi connectivity index (χ4n) is 2.92. The minimum Gasteiger partial charge on any atom is -0.495 e. The van der Waals surface area contributed by atoms with Gasteiger partial charge in [-0.1, -0.05) is 18.2 Å². The van der Waals surface area contributed by atoms with Gasteiger partial charge in [-0.05, 0) is 48.4 Å². The number of methoxy groups -OCH3 is 2. The summed E-state index contributed by atoms with van der Waals surface area (Å²) < 4.78 is 38.8. The SMILES string of the molecule is COc1cc(CNC(=O)c2ccc(C)c(S(=O)(=O)Nc3ccccc3OC)c2)ccn1. The first-order valence-electron chi connectivity index (χ1n) is 9.37. The molecule has 2 N–H and O–H groups in total. The van der Waals surface area contributed by atoms with Crippen LogP contribution in [-0.4, -0.2) is 33.5 Å². The van der Waals surface area contributed by atoms with Gasteiger partial charge in [0.25, 0.3) is 15.9 Å². The number of hydrogen-bond donors (Lipinski definition) is 2. The second kappa shape index (κ2) is 9.48. The number of anilines is 1. The average molecular weight is 442 g/mol. The molecule has 3 aromatic rings. The number of sulfonamides is 1. The molecule has 162 valence electrons. The summed E-state index contributed by atoms with van der Waals surface area (Å²) in [6.45, 7) is 1.91. The highest BCUT2D eigenvalue weighted by atomic mass is 32.2. The molecule has 31 heavy (non-hydrogen) atoms. The Hall–Kier alpha value is -3.59. The van der Waals surface area contributed by atoms with Gasteiger partial charge in [0.05, 0.1) is 24.8 Å². The minimum atomic E-state index is -3.94. The molecule has 3 rings (SSSR count). The number of pyridine rings is 1. The summed E-state index contributed by atoms with van der Waals surface area (Å²) in [5.41, 5.74) is 1.86. The zero-order chi connectivity index (χ0) is 22.4. The van der Waals surface area contributed by atoms with Gasteiger partial charge >= 0.3 is 0 Å². The van der Waals surface area contributed by atoms with Crippen molar-refractivity contribution in [2.45, 2.75) is 18.4 Å². The van der Waals surface area contributed by atoms with Crippen molar-refractivity contribution in [3.63, 3.8) is 0 Å². The van der Waals surface area contributed by atoms with Crippen LogP contribution in [0.1, 0.15) is 21.5 Å². The first-order valence-corrected chi connectivity index (χ1v) is 10.9. The number of hydrogen-bond acceptors (Lipinski definition) is 6. The van der Waals surface area contributed by atoms with Crippen molar-refractivity contribution in [3.05, 3.63) is 77.5 Å².